The van der Waals surface area contributed by atoms with Gasteiger partial charge in [0.25, 0.3) is 0 Å². The van der Waals surface area contributed by atoms with Crippen molar-refractivity contribution in [1.29, 1.82) is 0 Å². The third-order valence-electron chi connectivity index (χ3n) is 14.0. The zero-order valence-electron chi connectivity index (χ0n) is 30.2. The molecule has 12 atom stereocenters. The summed E-state index contributed by atoms with van der Waals surface area (Å²) in [5.41, 5.74) is -3.00. The van der Waals surface area contributed by atoms with Crippen LogP contribution in [0.1, 0.15) is 120 Å². The van der Waals surface area contributed by atoms with Gasteiger partial charge in [0.2, 0.25) is 0 Å². The van der Waals surface area contributed by atoms with Crippen LogP contribution in [0.4, 0.5) is 0 Å². The van der Waals surface area contributed by atoms with Gasteiger partial charge in [0.15, 0.2) is 11.9 Å². The molecule has 1 saturated heterocycles. The number of hydrogen-bond acceptors (Lipinski definition) is 10. The van der Waals surface area contributed by atoms with Gasteiger partial charge in [-0.05, 0) is 94.8 Å². The monoisotopic (exact) mass is 678 g/mol. The van der Waals surface area contributed by atoms with E-state index in [0.717, 1.165) is 38.2 Å². The lowest BCUT2D eigenvalue weighted by Crippen LogP contribution is -2.63. The number of carbonyl (C=O) groups is 3. The number of carbonyl (C=O) groups excluding carboxylic acids is 2. The zero-order chi connectivity index (χ0) is 36.0. The fraction of sp³-hybridized carbons (Fsp3) is 0.865. The molecule has 5 aliphatic rings. The molecule has 0 radical (unpaired) electrons. The van der Waals surface area contributed by atoms with Gasteiger partial charge in [0, 0.05) is 23.7 Å². The maximum atomic E-state index is 13.1. The number of fused-ring (bicyclic) bond motifs is 4. The van der Waals surface area contributed by atoms with E-state index in [-0.39, 0.29) is 23.2 Å². The molecule has 2 saturated carbocycles. The minimum absolute atomic E-state index is 0.00158. The Morgan fingerprint density at radius 1 is 0.938 bits per heavy atom. The average molecular weight is 679 g/mol. The van der Waals surface area contributed by atoms with Crippen LogP contribution in [-0.4, -0.2) is 85.3 Å². The van der Waals surface area contributed by atoms with E-state index < -0.39 is 82.5 Å². The first kappa shape index (κ1) is 37.2. The van der Waals surface area contributed by atoms with Crippen molar-refractivity contribution in [1.82, 2.24) is 0 Å². The summed E-state index contributed by atoms with van der Waals surface area (Å²) in [6.07, 6.45) is 0.661. The SMILES string of the molecule is CC(=O)O[C@H]1[C@H](OC(=O)C[C@](C)(O)C(=O)O)C[C@]2(C)C3=C(CC[C@H]2C1(C)C)[C@]1(C)CC[C@H]([C@H]2CC[C@@H](C(C)(C)O)O[C@@H]2O)[C@@]1(C)[C@@H](O)C3. The van der Waals surface area contributed by atoms with E-state index in [9.17, 15) is 39.9 Å². The number of aliphatic carboxylic acids is 1. The van der Waals surface area contributed by atoms with Gasteiger partial charge in [-0.3, -0.25) is 9.59 Å². The number of carboxylic acid groups (broad SMARTS) is 1. The smallest absolute Gasteiger partial charge is 0.335 e. The molecule has 3 fully saturated rings. The number of aliphatic hydroxyl groups is 4. The zero-order valence-corrected chi connectivity index (χ0v) is 30.2. The molecule has 48 heavy (non-hydrogen) atoms. The van der Waals surface area contributed by atoms with E-state index in [1.165, 1.54) is 12.5 Å². The minimum Gasteiger partial charge on any atom is -0.479 e. The van der Waals surface area contributed by atoms with Crippen molar-refractivity contribution < 1.29 is 54.1 Å². The molecule has 1 heterocycles. The summed E-state index contributed by atoms with van der Waals surface area (Å²) in [5.74, 6) is -3.10. The lowest BCUT2D eigenvalue weighted by molar-refractivity contribution is -0.251. The lowest BCUT2D eigenvalue weighted by Gasteiger charge is -2.64. The fourth-order valence-corrected chi connectivity index (χ4v) is 11.3. The average Bonchev–Trinajstić information content (AvgIpc) is 3.22. The minimum atomic E-state index is -2.32. The molecule has 4 aliphatic carbocycles. The first-order valence-corrected chi connectivity index (χ1v) is 17.7. The Labute approximate surface area is 284 Å². The summed E-state index contributed by atoms with van der Waals surface area (Å²) in [6, 6.07) is 0. The van der Waals surface area contributed by atoms with Crippen LogP contribution in [0.5, 0.6) is 0 Å². The molecule has 0 amide bonds. The van der Waals surface area contributed by atoms with Crippen molar-refractivity contribution in [2.45, 2.75) is 162 Å². The van der Waals surface area contributed by atoms with Crippen molar-refractivity contribution in [3.05, 3.63) is 11.1 Å². The van der Waals surface area contributed by atoms with Crippen LogP contribution in [0, 0.1) is 39.4 Å². The highest BCUT2D eigenvalue weighted by molar-refractivity contribution is 5.84. The second-order valence-electron chi connectivity index (χ2n) is 17.7. The highest BCUT2D eigenvalue weighted by atomic mass is 16.6. The Morgan fingerprint density at radius 2 is 1.58 bits per heavy atom. The molecule has 272 valence electrons. The second-order valence-corrected chi connectivity index (χ2v) is 17.7. The largest absolute Gasteiger partial charge is 0.479 e. The van der Waals surface area contributed by atoms with Crippen molar-refractivity contribution in [2.24, 2.45) is 39.4 Å². The summed E-state index contributed by atoms with van der Waals surface area (Å²) < 4.78 is 17.8. The predicted octanol–water partition coefficient (Wildman–Crippen LogP) is 4.27. The first-order valence-electron chi connectivity index (χ1n) is 17.7. The quantitative estimate of drug-likeness (QED) is 0.192. The van der Waals surface area contributed by atoms with Crippen LogP contribution in [0.25, 0.3) is 0 Å². The summed E-state index contributed by atoms with van der Waals surface area (Å²) in [5, 5.41) is 53.8. The van der Waals surface area contributed by atoms with Gasteiger partial charge in [-0.1, -0.05) is 45.8 Å². The molecular weight excluding hydrogens is 620 g/mol. The van der Waals surface area contributed by atoms with Crippen molar-refractivity contribution in [3.63, 3.8) is 0 Å². The molecule has 1 aliphatic heterocycles. The van der Waals surface area contributed by atoms with Crippen LogP contribution in [0.3, 0.4) is 0 Å². The summed E-state index contributed by atoms with van der Waals surface area (Å²) >= 11 is 0. The summed E-state index contributed by atoms with van der Waals surface area (Å²) in [6.45, 7) is 16.4. The number of aliphatic hydroxyl groups excluding tert-OH is 2. The molecule has 0 aromatic heterocycles. The predicted molar refractivity (Wildman–Crippen MR) is 174 cm³/mol. The van der Waals surface area contributed by atoms with Gasteiger partial charge in [-0.25, -0.2) is 4.79 Å². The molecule has 0 unspecified atom stereocenters. The van der Waals surface area contributed by atoms with Gasteiger partial charge in [-0.2, -0.15) is 0 Å². The van der Waals surface area contributed by atoms with Crippen LogP contribution in [0.2, 0.25) is 0 Å². The highest BCUT2D eigenvalue weighted by Crippen LogP contribution is 2.73. The Morgan fingerprint density at radius 3 is 2.15 bits per heavy atom. The van der Waals surface area contributed by atoms with E-state index in [4.69, 9.17) is 14.2 Å². The Kier molecular flexibility index (Phi) is 9.33. The van der Waals surface area contributed by atoms with Crippen LogP contribution < -0.4 is 0 Å². The molecule has 0 aromatic carbocycles. The third-order valence-corrected chi connectivity index (χ3v) is 14.0. The number of ether oxygens (including phenoxy) is 3. The second kappa shape index (κ2) is 12.0. The first-order chi connectivity index (χ1) is 21.9. The van der Waals surface area contributed by atoms with Crippen molar-refractivity contribution >= 4 is 17.9 Å². The maximum absolute atomic E-state index is 13.1. The molecule has 11 nitrogen and oxygen atoms in total. The fourth-order valence-electron chi connectivity index (χ4n) is 11.3. The molecule has 11 heteroatoms. The van der Waals surface area contributed by atoms with Gasteiger partial charge in [-0.15, -0.1) is 0 Å². The van der Waals surface area contributed by atoms with E-state index in [2.05, 4.69) is 20.8 Å². The van der Waals surface area contributed by atoms with E-state index in [1.54, 1.807) is 13.8 Å². The van der Waals surface area contributed by atoms with E-state index in [1.807, 2.05) is 13.8 Å². The maximum Gasteiger partial charge on any atom is 0.335 e. The molecular formula is C37H58O11. The van der Waals surface area contributed by atoms with E-state index in [0.29, 0.717) is 25.7 Å². The summed E-state index contributed by atoms with van der Waals surface area (Å²) in [4.78, 5) is 37.0. The molecule has 5 rings (SSSR count). The Bertz CT molecular complexity index is 1340. The summed E-state index contributed by atoms with van der Waals surface area (Å²) in [7, 11) is 0. The Balaban J connectivity index is 1.50. The third kappa shape index (κ3) is 5.73. The van der Waals surface area contributed by atoms with Crippen LogP contribution in [-0.2, 0) is 28.6 Å². The van der Waals surface area contributed by atoms with Gasteiger partial charge in [0.1, 0.15) is 12.2 Å². The number of rotatable bonds is 7. The van der Waals surface area contributed by atoms with Crippen LogP contribution >= 0.6 is 0 Å². The molecule has 5 N–H and O–H groups in total. The number of allylic oxidation sites excluding steroid dienone is 1. The standard InChI is InChI=1S/C37H58O11/c1-19(38)46-29-24(47-28(40)18-36(8,45)31(42)43)17-34(6)23-16-26(39)37(9)21(20-10-13-27(33(4,5)44)48-30(20)41)14-15-35(37,7)22(23)11-12-25(34)32(29,2)3/h20-21,24-27,29-30,39,41,44-45H,10-18H2,1-9H3,(H,42,43)/t20-,21-,24-,25+,26+,27+,29+,30+,34-,35+,36+,37+/m1/s1. The van der Waals surface area contributed by atoms with Gasteiger partial charge < -0.3 is 39.7 Å². The molecule has 0 bridgehead atoms. The highest BCUT2D eigenvalue weighted by Gasteiger charge is 2.68. The van der Waals surface area contributed by atoms with Crippen LogP contribution in [0.15, 0.2) is 11.1 Å². The van der Waals surface area contributed by atoms with E-state index >= 15 is 0 Å². The Hall–Kier alpha value is -2.05. The topological polar surface area (TPSA) is 180 Å². The lowest BCUT2D eigenvalue weighted by atomic mass is 9.42. The van der Waals surface area contributed by atoms with Crippen molar-refractivity contribution in [2.75, 3.05) is 0 Å². The molecule has 0 spiro atoms. The number of hydrogen-bond donors (Lipinski definition) is 5. The van der Waals surface area contributed by atoms with Gasteiger partial charge >= 0.3 is 17.9 Å². The molecule has 0 aromatic rings. The number of esters is 2. The van der Waals surface area contributed by atoms with Crippen molar-refractivity contribution in [3.8, 4) is 0 Å². The normalized spacial score (nSPS) is 43.7. The van der Waals surface area contributed by atoms with Gasteiger partial charge in [0.05, 0.1) is 24.2 Å². The number of carboxylic acids is 1.